The Morgan fingerprint density at radius 2 is 2.16 bits per heavy atom. The molecule has 0 aliphatic carbocycles. The topological polar surface area (TPSA) is 85.5 Å². The number of aromatic nitrogens is 2. The van der Waals surface area contributed by atoms with Crippen molar-refractivity contribution in [3.05, 3.63) is 11.7 Å². The third-order valence-corrected chi connectivity index (χ3v) is 2.80. The minimum absolute atomic E-state index is 0.177. The first-order valence-electron chi connectivity index (χ1n) is 6.46. The van der Waals surface area contributed by atoms with Crippen molar-refractivity contribution in [2.45, 2.75) is 46.0 Å². The van der Waals surface area contributed by atoms with Crippen LogP contribution in [0, 0.1) is 5.41 Å². The summed E-state index contributed by atoms with van der Waals surface area (Å²) in [5.41, 5.74) is -0.276. The van der Waals surface area contributed by atoms with Crippen molar-refractivity contribution in [1.29, 1.82) is 0 Å². The number of hydrogen-bond donors (Lipinski definition) is 1. The van der Waals surface area contributed by atoms with Gasteiger partial charge < -0.3 is 14.4 Å². The van der Waals surface area contributed by atoms with E-state index in [1.807, 2.05) is 13.8 Å². The molecular weight excluding hydrogens is 248 g/mol. The van der Waals surface area contributed by atoms with Crippen molar-refractivity contribution in [2.24, 2.45) is 5.41 Å². The fourth-order valence-corrected chi connectivity index (χ4v) is 1.79. The minimum Gasteiger partial charge on any atom is -0.469 e. The van der Waals surface area contributed by atoms with Gasteiger partial charge in [0.2, 0.25) is 5.89 Å². The normalized spacial score (nSPS) is 11.6. The van der Waals surface area contributed by atoms with E-state index < -0.39 is 0 Å². The lowest BCUT2D eigenvalue weighted by Crippen LogP contribution is -2.21. The van der Waals surface area contributed by atoms with Crippen molar-refractivity contribution in [2.75, 3.05) is 13.7 Å². The Kier molecular flexibility index (Phi) is 5.95. The quantitative estimate of drug-likeness (QED) is 0.569. The lowest BCUT2D eigenvalue weighted by molar-refractivity contribution is -0.142. The molecule has 1 aromatic rings. The molecule has 6 nitrogen and oxygen atoms in total. The maximum Gasteiger partial charge on any atom is 0.306 e. The summed E-state index contributed by atoms with van der Waals surface area (Å²) in [4.78, 5) is 15.6. The number of hydrogen-bond acceptors (Lipinski definition) is 6. The Balaban J connectivity index is 2.50. The highest BCUT2D eigenvalue weighted by Gasteiger charge is 2.25. The average Bonchev–Trinajstić information content (AvgIpc) is 2.75. The maximum atomic E-state index is 11.3. The molecule has 0 amide bonds. The van der Waals surface area contributed by atoms with Gasteiger partial charge >= 0.3 is 5.97 Å². The predicted octanol–water partition coefficient (Wildman–Crippen LogP) is 1.52. The minimum atomic E-state index is -0.276. The van der Waals surface area contributed by atoms with E-state index in [1.165, 1.54) is 7.11 Å². The van der Waals surface area contributed by atoms with Gasteiger partial charge in [-0.25, -0.2) is 0 Å². The number of nitrogens with zero attached hydrogens (tertiary/aromatic N) is 2. The Hall–Kier alpha value is -1.43. The zero-order valence-electron chi connectivity index (χ0n) is 11.8. The number of carbonyl (C=O) groups is 1. The average molecular weight is 270 g/mol. The van der Waals surface area contributed by atoms with Gasteiger partial charge in [-0.1, -0.05) is 19.0 Å². The first kappa shape index (κ1) is 15.6. The van der Waals surface area contributed by atoms with Crippen LogP contribution in [-0.2, 0) is 22.4 Å². The molecule has 0 unspecified atom stereocenters. The molecule has 0 bridgehead atoms. The lowest BCUT2D eigenvalue weighted by atomic mass is 9.86. The van der Waals surface area contributed by atoms with Crippen LogP contribution >= 0.6 is 0 Å². The third-order valence-electron chi connectivity index (χ3n) is 2.80. The Morgan fingerprint density at radius 1 is 1.42 bits per heavy atom. The van der Waals surface area contributed by atoms with Crippen LogP contribution in [-0.4, -0.2) is 34.9 Å². The zero-order chi connectivity index (χ0) is 14.3. The van der Waals surface area contributed by atoms with Crippen LogP contribution in [0.15, 0.2) is 4.52 Å². The number of aryl methyl sites for hydroxylation is 1. The van der Waals surface area contributed by atoms with Gasteiger partial charge in [0.25, 0.3) is 0 Å². The van der Waals surface area contributed by atoms with Crippen molar-refractivity contribution in [3.8, 4) is 0 Å². The molecule has 0 fully saturated rings. The highest BCUT2D eigenvalue weighted by Crippen LogP contribution is 2.25. The molecule has 1 rings (SSSR count). The number of esters is 1. The fraction of sp³-hybridized carbons (Fsp3) is 0.769. The monoisotopic (exact) mass is 270 g/mol. The van der Waals surface area contributed by atoms with Gasteiger partial charge in [0.05, 0.1) is 13.5 Å². The molecule has 0 aliphatic heterocycles. The van der Waals surface area contributed by atoms with Crippen LogP contribution in [0.1, 0.15) is 44.8 Å². The lowest BCUT2D eigenvalue weighted by Gasteiger charge is -2.20. The largest absolute Gasteiger partial charge is 0.469 e. The number of methoxy groups -OCH3 is 1. The molecule has 0 radical (unpaired) electrons. The van der Waals surface area contributed by atoms with E-state index in [1.54, 1.807) is 0 Å². The summed E-state index contributed by atoms with van der Waals surface area (Å²) in [6.45, 7) is 4.09. The van der Waals surface area contributed by atoms with Gasteiger partial charge in [-0.2, -0.15) is 4.98 Å². The van der Waals surface area contributed by atoms with Crippen molar-refractivity contribution in [3.63, 3.8) is 0 Å². The highest BCUT2D eigenvalue weighted by molar-refractivity contribution is 5.69. The van der Waals surface area contributed by atoms with Crippen molar-refractivity contribution >= 4 is 5.97 Å². The van der Waals surface area contributed by atoms with Gasteiger partial charge in [0.15, 0.2) is 5.82 Å². The van der Waals surface area contributed by atoms with Crippen molar-refractivity contribution < 1.29 is 19.2 Å². The Labute approximate surface area is 113 Å². The van der Waals surface area contributed by atoms with Gasteiger partial charge in [-0.3, -0.25) is 4.79 Å². The Bertz CT molecular complexity index is 401. The van der Waals surface area contributed by atoms with Crippen LogP contribution in [0.2, 0.25) is 0 Å². The molecule has 0 aliphatic rings. The summed E-state index contributed by atoms with van der Waals surface area (Å²) in [5.74, 6) is 0.943. The number of unbranched alkanes of at least 4 members (excludes halogenated alkanes) is 1. The Morgan fingerprint density at radius 3 is 2.79 bits per heavy atom. The van der Waals surface area contributed by atoms with Crippen LogP contribution in [0.25, 0.3) is 0 Å². The molecule has 19 heavy (non-hydrogen) atoms. The number of aliphatic hydroxyl groups is 1. The summed E-state index contributed by atoms with van der Waals surface area (Å²) in [7, 11) is 1.38. The molecular formula is C13H22N2O4. The van der Waals surface area contributed by atoms with Gasteiger partial charge in [-0.05, 0) is 18.3 Å². The molecule has 1 heterocycles. The van der Waals surface area contributed by atoms with Gasteiger partial charge in [0.1, 0.15) is 0 Å². The van der Waals surface area contributed by atoms with Crippen LogP contribution < -0.4 is 0 Å². The van der Waals surface area contributed by atoms with Crippen LogP contribution in [0.3, 0.4) is 0 Å². The second-order valence-electron chi connectivity index (χ2n) is 5.38. The van der Waals surface area contributed by atoms with E-state index >= 15 is 0 Å². The summed E-state index contributed by atoms with van der Waals surface area (Å²) in [5, 5.41) is 12.6. The van der Waals surface area contributed by atoms with E-state index in [4.69, 9.17) is 9.63 Å². The van der Waals surface area contributed by atoms with E-state index in [2.05, 4.69) is 14.9 Å². The first-order chi connectivity index (χ1) is 8.96. The molecule has 0 spiro atoms. The molecule has 0 aromatic carbocycles. The molecule has 6 heteroatoms. The van der Waals surface area contributed by atoms with Crippen LogP contribution in [0.4, 0.5) is 0 Å². The van der Waals surface area contributed by atoms with Crippen LogP contribution in [0.5, 0.6) is 0 Å². The molecule has 0 saturated heterocycles. The standard InChI is InChI=1S/C13H22N2O4/c1-13(2,9-12(17)18-3)8-11-14-10(15-19-11)6-4-5-7-16/h16H,4-9H2,1-3H3. The SMILES string of the molecule is COC(=O)CC(C)(C)Cc1nc(CCCCO)no1. The third kappa shape index (κ3) is 5.83. The summed E-state index contributed by atoms with van der Waals surface area (Å²) < 4.78 is 9.84. The molecule has 0 atom stereocenters. The van der Waals surface area contributed by atoms with Gasteiger partial charge in [-0.15, -0.1) is 0 Å². The summed E-state index contributed by atoms with van der Waals surface area (Å²) >= 11 is 0. The maximum absolute atomic E-state index is 11.3. The highest BCUT2D eigenvalue weighted by atomic mass is 16.5. The van der Waals surface area contributed by atoms with E-state index in [9.17, 15) is 4.79 Å². The first-order valence-corrected chi connectivity index (χ1v) is 6.46. The summed E-state index contributed by atoms with van der Waals surface area (Å²) in [6.07, 6.45) is 3.11. The zero-order valence-corrected chi connectivity index (χ0v) is 11.8. The second kappa shape index (κ2) is 7.23. The fourth-order valence-electron chi connectivity index (χ4n) is 1.79. The molecule has 108 valence electrons. The van der Waals surface area contributed by atoms with E-state index in [0.29, 0.717) is 31.0 Å². The molecule has 1 N–H and O–H groups in total. The number of carbonyl (C=O) groups excluding carboxylic acids is 1. The smallest absolute Gasteiger partial charge is 0.306 e. The van der Waals surface area contributed by atoms with E-state index in [0.717, 1.165) is 12.8 Å². The molecule has 0 saturated carbocycles. The number of rotatable bonds is 8. The number of aliphatic hydroxyl groups excluding tert-OH is 1. The summed E-state index contributed by atoms with van der Waals surface area (Å²) in [6, 6.07) is 0. The molecule has 1 aromatic heterocycles. The predicted molar refractivity (Wildman–Crippen MR) is 68.4 cm³/mol. The number of ether oxygens (including phenoxy) is 1. The van der Waals surface area contributed by atoms with E-state index in [-0.39, 0.29) is 18.0 Å². The van der Waals surface area contributed by atoms with Crippen molar-refractivity contribution in [1.82, 2.24) is 10.1 Å². The van der Waals surface area contributed by atoms with Gasteiger partial charge in [0, 0.05) is 19.4 Å². The second-order valence-corrected chi connectivity index (χ2v) is 5.38.